The van der Waals surface area contributed by atoms with E-state index >= 15 is 0 Å². The van der Waals surface area contributed by atoms with Crippen molar-refractivity contribution in [1.29, 1.82) is 0 Å². The third-order valence-electron chi connectivity index (χ3n) is 2.44. The summed E-state index contributed by atoms with van der Waals surface area (Å²) in [5, 5.41) is 26.6. The van der Waals surface area contributed by atoms with Crippen LogP contribution >= 0.6 is 0 Å². The van der Waals surface area contributed by atoms with E-state index in [0.29, 0.717) is 6.42 Å². The number of carboxylic acids is 1. The molecule has 0 fully saturated rings. The van der Waals surface area contributed by atoms with E-state index < -0.39 is 12.1 Å². The third kappa shape index (κ3) is 8.44. The average molecular weight is 230 g/mol. The molecular formula is C12H22O4. The molecule has 0 rings (SSSR count). The minimum atomic E-state index is -0.984. The van der Waals surface area contributed by atoms with Gasteiger partial charge < -0.3 is 15.3 Å². The number of unbranched alkanes of at least 4 members (excludes halogenated alkanes) is 4. The zero-order valence-electron chi connectivity index (χ0n) is 9.85. The first kappa shape index (κ1) is 15.1. The standard InChI is InChI=1S/C12H22O4/c1-10(12(15)16)9-11(14)7-5-3-2-4-6-8-13/h9,11,13-14H,2-8H2,1H3,(H,15,16). The second-order valence-corrected chi connectivity index (χ2v) is 4.00. The minimum absolute atomic E-state index is 0.188. The molecule has 0 aromatic carbocycles. The number of hydrogen-bond acceptors (Lipinski definition) is 3. The molecule has 0 saturated carbocycles. The highest BCUT2D eigenvalue weighted by molar-refractivity contribution is 5.85. The van der Waals surface area contributed by atoms with Gasteiger partial charge in [0.1, 0.15) is 0 Å². The fourth-order valence-corrected chi connectivity index (χ4v) is 1.44. The Morgan fingerprint density at radius 1 is 1.19 bits per heavy atom. The maximum Gasteiger partial charge on any atom is 0.331 e. The van der Waals surface area contributed by atoms with Gasteiger partial charge in [0.2, 0.25) is 0 Å². The molecule has 1 atom stereocenters. The van der Waals surface area contributed by atoms with Crippen molar-refractivity contribution in [1.82, 2.24) is 0 Å². The molecule has 0 aromatic heterocycles. The third-order valence-corrected chi connectivity index (χ3v) is 2.44. The second-order valence-electron chi connectivity index (χ2n) is 4.00. The SMILES string of the molecule is CC(=CC(O)CCCCCCCO)C(=O)O. The molecule has 4 heteroatoms. The molecule has 0 bridgehead atoms. The van der Waals surface area contributed by atoms with Crippen molar-refractivity contribution in [2.45, 2.75) is 51.6 Å². The summed E-state index contributed by atoms with van der Waals surface area (Å²) in [5.74, 6) is -0.984. The van der Waals surface area contributed by atoms with Crippen molar-refractivity contribution < 1.29 is 20.1 Å². The number of carbonyl (C=O) groups is 1. The summed E-state index contributed by atoms with van der Waals surface area (Å²) < 4.78 is 0. The topological polar surface area (TPSA) is 77.8 Å². The van der Waals surface area contributed by atoms with Gasteiger partial charge in [0.05, 0.1) is 6.10 Å². The van der Waals surface area contributed by atoms with Crippen LogP contribution < -0.4 is 0 Å². The van der Waals surface area contributed by atoms with Crippen LogP contribution in [0.2, 0.25) is 0 Å². The molecular weight excluding hydrogens is 208 g/mol. The van der Waals surface area contributed by atoms with E-state index in [1.165, 1.54) is 13.0 Å². The zero-order valence-corrected chi connectivity index (χ0v) is 9.85. The molecule has 0 saturated heterocycles. The van der Waals surface area contributed by atoms with Gasteiger partial charge in [-0.25, -0.2) is 4.79 Å². The van der Waals surface area contributed by atoms with Gasteiger partial charge >= 0.3 is 5.97 Å². The zero-order chi connectivity index (χ0) is 12.4. The molecule has 0 aliphatic carbocycles. The van der Waals surface area contributed by atoms with Crippen LogP contribution in [0.3, 0.4) is 0 Å². The number of carboxylic acid groups (broad SMARTS) is 1. The number of aliphatic hydroxyl groups excluding tert-OH is 2. The van der Waals surface area contributed by atoms with Crippen molar-refractivity contribution >= 4 is 5.97 Å². The largest absolute Gasteiger partial charge is 0.478 e. The Hall–Kier alpha value is -0.870. The molecule has 0 amide bonds. The van der Waals surface area contributed by atoms with E-state index in [0.717, 1.165) is 32.1 Å². The Labute approximate surface area is 96.6 Å². The van der Waals surface area contributed by atoms with Crippen molar-refractivity contribution in [3.8, 4) is 0 Å². The Morgan fingerprint density at radius 3 is 2.31 bits per heavy atom. The van der Waals surface area contributed by atoms with Gasteiger partial charge in [-0.15, -0.1) is 0 Å². The predicted molar refractivity (Wildman–Crippen MR) is 62.2 cm³/mol. The van der Waals surface area contributed by atoms with Gasteiger partial charge in [0, 0.05) is 12.2 Å². The lowest BCUT2D eigenvalue weighted by Gasteiger charge is -2.06. The lowest BCUT2D eigenvalue weighted by Crippen LogP contribution is -2.06. The quantitative estimate of drug-likeness (QED) is 0.416. The fourth-order valence-electron chi connectivity index (χ4n) is 1.44. The van der Waals surface area contributed by atoms with E-state index in [1.54, 1.807) is 0 Å². The van der Waals surface area contributed by atoms with E-state index in [4.69, 9.17) is 10.2 Å². The summed E-state index contributed by atoms with van der Waals surface area (Å²) >= 11 is 0. The Morgan fingerprint density at radius 2 is 1.75 bits per heavy atom. The summed E-state index contributed by atoms with van der Waals surface area (Å²) in [6.45, 7) is 1.72. The molecule has 94 valence electrons. The normalized spacial score (nSPS) is 13.8. The first-order valence-electron chi connectivity index (χ1n) is 5.78. The second kappa shape index (κ2) is 9.36. The summed E-state index contributed by atoms with van der Waals surface area (Å²) in [5.41, 5.74) is 0.188. The van der Waals surface area contributed by atoms with Gasteiger partial charge in [-0.2, -0.15) is 0 Å². The molecule has 4 nitrogen and oxygen atoms in total. The summed E-state index contributed by atoms with van der Waals surface area (Å²) in [7, 11) is 0. The first-order chi connectivity index (χ1) is 7.57. The van der Waals surface area contributed by atoms with Crippen molar-refractivity contribution in [2.24, 2.45) is 0 Å². The average Bonchev–Trinajstić information content (AvgIpc) is 2.23. The van der Waals surface area contributed by atoms with Crippen molar-refractivity contribution in [3.63, 3.8) is 0 Å². The van der Waals surface area contributed by atoms with Gasteiger partial charge in [-0.05, 0) is 25.8 Å². The van der Waals surface area contributed by atoms with Crippen molar-refractivity contribution in [3.05, 3.63) is 11.6 Å². The molecule has 16 heavy (non-hydrogen) atoms. The number of aliphatic carboxylic acids is 1. The van der Waals surface area contributed by atoms with Crippen LogP contribution in [0.25, 0.3) is 0 Å². The maximum atomic E-state index is 10.5. The summed E-state index contributed by atoms with van der Waals surface area (Å²) in [4.78, 5) is 10.5. The number of hydrogen-bond donors (Lipinski definition) is 3. The first-order valence-corrected chi connectivity index (χ1v) is 5.78. The van der Waals surface area contributed by atoms with E-state index in [-0.39, 0.29) is 12.2 Å². The van der Waals surface area contributed by atoms with Crippen LogP contribution in [0.1, 0.15) is 45.4 Å². The monoisotopic (exact) mass is 230 g/mol. The Bertz CT molecular complexity index is 223. The van der Waals surface area contributed by atoms with E-state index in [1.807, 2.05) is 0 Å². The highest BCUT2D eigenvalue weighted by atomic mass is 16.4. The smallest absolute Gasteiger partial charge is 0.331 e. The van der Waals surface area contributed by atoms with Crippen LogP contribution in [0.4, 0.5) is 0 Å². The summed E-state index contributed by atoms with van der Waals surface area (Å²) in [6, 6.07) is 0. The Kier molecular flexibility index (Phi) is 8.85. The van der Waals surface area contributed by atoms with Gasteiger partial charge in [-0.3, -0.25) is 0 Å². The lowest BCUT2D eigenvalue weighted by atomic mass is 10.1. The van der Waals surface area contributed by atoms with E-state index in [2.05, 4.69) is 0 Å². The minimum Gasteiger partial charge on any atom is -0.478 e. The molecule has 1 unspecified atom stereocenters. The lowest BCUT2D eigenvalue weighted by molar-refractivity contribution is -0.132. The highest BCUT2D eigenvalue weighted by Gasteiger charge is 2.05. The number of aliphatic hydroxyl groups is 2. The van der Waals surface area contributed by atoms with Gasteiger partial charge in [0.15, 0.2) is 0 Å². The van der Waals surface area contributed by atoms with Crippen LogP contribution in [-0.2, 0) is 4.79 Å². The molecule has 0 heterocycles. The maximum absolute atomic E-state index is 10.5. The van der Waals surface area contributed by atoms with E-state index in [9.17, 15) is 9.90 Å². The van der Waals surface area contributed by atoms with Crippen LogP contribution in [0, 0.1) is 0 Å². The molecule has 0 spiro atoms. The highest BCUT2D eigenvalue weighted by Crippen LogP contribution is 2.09. The Balaban J connectivity index is 3.54. The van der Waals surface area contributed by atoms with Crippen LogP contribution in [-0.4, -0.2) is 34.0 Å². The molecule has 0 radical (unpaired) electrons. The predicted octanol–water partition coefficient (Wildman–Crippen LogP) is 1.71. The fraction of sp³-hybridized carbons (Fsp3) is 0.750. The van der Waals surface area contributed by atoms with Gasteiger partial charge in [-0.1, -0.05) is 25.7 Å². The summed E-state index contributed by atoms with van der Waals surface area (Å²) in [6.07, 6.45) is 6.12. The molecule has 3 N–H and O–H groups in total. The molecule has 0 aromatic rings. The van der Waals surface area contributed by atoms with Gasteiger partial charge in [0.25, 0.3) is 0 Å². The van der Waals surface area contributed by atoms with Crippen LogP contribution in [0.5, 0.6) is 0 Å². The number of rotatable bonds is 9. The molecule has 0 aliphatic heterocycles. The molecule has 0 aliphatic rings. The van der Waals surface area contributed by atoms with Crippen LogP contribution in [0.15, 0.2) is 11.6 Å². The van der Waals surface area contributed by atoms with Crippen molar-refractivity contribution in [2.75, 3.05) is 6.61 Å².